The molecule has 2 fully saturated rings. The zero-order valence-corrected chi connectivity index (χ0v) is 9.83. The molecule has 0 aromatic carbocycles. The summed E-state index contributed by atoms with van der Waals surface area (Å²) in [7, 11) is 0. The van der Waals surface area contributed by atoms with E-state index in [2.05, 4.69) is 0 Å². The molecule has 0 aromatic rings. The molecule has 4 nitrogen and oxygen atoms in total. The van der Waals surface area contributed by atoms with Gasteiger partial charge in [-0.2, -0.15) is 13.2 Å². The van der Waals surface area contributed by atoms with Crippen molar-refractivity contribution in [1.29, 1.82) is 0 Å². The Bertz CT molecular complexity index is 395. The van der Waals surface area contributed by atoms with E-state index in [1.165, 1.54) is 0 Å². The van der Waals surface area contributed by atoms with Gasteiger partial charge in [0.05, 0.1) is 0 Å². The summed E-state index contributed by atoms with van der Waals surface area (Å²) >= 11 is 0. The molecule has 0 radical (unpaired) electrons. The van der Waals surface area contributed by atoms with Crippen LogP contribution in [0.3, 0.4) is 0 Å². The summed E-state index contributed by atoms with van der Waals surface area (Å²) in [5.74, 6) is -2.25. The third-order valence-corrected chi connectivity index (χ3v) is 3.96. The number of hydrogen-bond acceptors (Lipinski definition) is 2. The van der Waals surface area contributed by atoms with Crippen LogP contribution in [-0.2, 0) is 9.59 Å². The molecule has 2 rings (SSSR count). The average molecular weight is 265 g/mol. The van der Waals surface area contributed by atoms with Crippen LogP contribution in [0.25, 0.3) is 0 Å². The monoisotopic (exact) mass is 265 g/mol. The first-order chi connectivity index (χ1) is 8.19. The Labute approximate surface area is 102 Å². The fourth-order valence-electron chi connectivity index (χ4n) is 2.43. The lowest BCUT2D eigenvalue weighted by atomic mass is 9.86. The van der Waals surface area contributed by atoms with Gasteiger partial charge in [0.2, 0.25) is 5.91 Å². The summed E-state index contributed by atoms with van der Waals surface area (Å²) in [6.07, 6.45) is -4.71. The van der Waals surface area contributed by atoms with Gasteiger partial charge in [0, 0.05) is 19.0 Å². The molecule has 0 bridgehead atoms. The maximum Gasteiger partial charge on any atom is 0.406 e. The van der Waals surface area contributed by atoms with Gasteiger partial charge in [0.1, 0.15) is 0 Å². The molecule has 102 valence electrons. The minimum atomic E-state index is -4.83. The summed E-state index contributed by atoms with van der Waals surface area (Å²) in [5, 5.41) is 8.85. The van der Waals surface area contributed by atoms with Gasteiger partial charge in [-0.05, 0) is 18.8 Å². The quantitative estimate of drug-likeness (QED) is 0.823. The highest BCUT2D eigenvalue weighted by Crippen LogP contribution is 2.47. The minimum absolute atomic E-state index is 0.131. The van der Waals surface area contributed by atoms with Crippen molar-refractivity contribution in [2.24, 2.45) is 17.3 Å². The SMILES string of the molecule is CC1CC1C(=O)N1CCC(C(=O)O)(C(F)(F)F)C1. The third kappa shape index (κ3) is 1.85. The smallest absolute Gasteiger partial charge is 0.406 e. The van der Waals surface area contributed by atoms with E-state index in [9.17, 15) is 22.8 Å². The van der Waals surface area contributed by atoms with Crippen LogP contribution in [0, 0.1) is 17.3 Å². The Morgan fingerprint density at radius 2 is 1.94 bits per heavy atom. The Morgan fingerprint density at radius 3 is 2.28 bits per heavy atom. The topological polar surface area (TPSA) is 57.6 Å². The van der Waals surface area contributed by atoms with Crippen LogP contribution in [-0.4, -0.2) is 41.1 Å². The number of carbonyl (C=O) groups excluding carboxylic acids is 1. The maximum absolute atomic E-state index is 12.9. The number of amides is 1. The zero-order valence-electron chi connectivity index (χ0n) is 9.83. The molecule has 18 heavy (non-hydrogen) atoms. The second kappa shape index (κ2) is 3.86. The van der Waals surface area contributed by atoms with E-state index in [0.29, 0.717) is 6.42 Å². The van der Waals surface area contributed by atoms with Crippen molar-refractivity contribution in [3.8, 4) is 0 Å². The van der Waals surface area contributed by atoms with Gasteiger partial charge in [0.25, 0.3) is 0 Å². The fraction of sp³-hybridized carbons (Fsp3) is 0.818. The molecule has 7 heteroatoms. The molecule has 1 N–H and O–H groups in total. The summed E-state index contributed by atoms with van der Waals surface area (Å²) in [4.78, 5) is 23.8. The summed E-state index contributed by atoms with van der Waals surface area (Å²) in [6, 6.07) is 0. The van der Waals surface area contributed by atoms with E-state index < -0.39 is 30.5 Å². The van der Waals surface area contributed by atoms with Crippen molar-refractivity contribution >= 4 is 11.9 Å². The first-order valence-corrected chi connectivity index (χ1v) is 5.78. The Morgan fingerprint density at radius 1 is 1.39 bits per heavy atom. The maximum atomic E-state index is 12.9. The van der Waals surface area contributed by atoms with Crippen LogP contribution in [0.15, 0.2) is 0 Å². The van der Waals surface area contributed by atoms with Gasteiger partial charge in [-0.3, -0.25) is 9.59 Å². The van der Waals surface area contributed by atoms with Crippen molar-refractivity contribution in [2.75, 3.05) is 13.1 Å². The molecular weight excluding hydrogens is 251 g/mol. The summed E-state index contributed by atoms with van der Waals surface area (Å²) in [6.45, 7) is 0.967. The lowest BCUT2D eigenvalue weighted by Crippen LogP contribution is -2.48. The minimum Gasteiger partial charge on any atom is -0.481 e. The van der Waals surface area contributed by atoms with E-state index in [4.69, 9.17) is 5.11 Å². The Kier molecular flexibility index (Phi) is 2.82. The first kappa shape index (κ1) is 13.2. The number of carboxylic acid groups (broad SMARTS) is 1. The van der Waals surface area contributed by atoms with E-state index in [0.717, 1.165) is 4.90 Å². The van der Waals surface area contributed by atoms with Crippen LogP contribution in [0.5, 0.6) is 0 Å². The predicted octanol–water partition coefficient (Wildman–Crippen LogP) is 1.51. The highest BCUT2D eigenvalue weighted by molar-refractivity contribution is 5.84. The number of aliphatic carboxylic acids is 1. The molecule has 1 aliphatic heterocycles. The highest BCUT2D eigenvalue weighted by Gasteiger charge is 2.64. The molecule has 1 amide bonds. The van der Waals surface area contributed by atoms with Gasteiger partial charge < -0.3 is 10.0 Å². The number of carboxylic acids is 1. The molecule has 1 saturated heterocycles. The van der Waals surface area contributed by atoms with E-state index in [-0.39, 0.29) is 24.3 Å². The van der Waals surface area contributed by atoms with Crippen LogP contribution in [0.1, 0.15) is 19.8 Å². The van der Waals surface area contributed by atoms with Gasteiger partial charge >= 0.3 is 12.1 Å². The normalized spacial score (nSPS) is 35.7. The highest BCUT2D eigenvalue weighted by atomic mass is 19.4. The summed E-state index contributed by atoms with van der Waals surface area (Å²) < 4.78 is 38.6. The van der Waals surface area contributed by atoms with E-state index in [1.54, 1.807) is 0 Å². The number of halogens is 3. The van der Waals surface area contributed by atoms with E-state index in [1.807, 2.05) is 6.92 Å². The number of hydrogen-bond donors (Lipinski definition) is 1. The molecule has 3 unspecified atom stereocenters. The standard InChI is InChI=1S/C11H14F3NO3/c1-6-4-7(6)8(16)15-3-2-10(5-15,9(17)18)11(12,13)14/h6-7H,2-5H2,1H3,(H,17,18). The number of nitrogens with zero attached hydrogens (tertiary/aromatic N) is 1. The molecule has 1 aliphatic carbocycles. The van der Waals surface area contributed by atoms with Crippen molar-refractivity contribution in [2.45, 2.75) is 25.9 Å². The number of carbonyl (C=O) groups is 2. The third-order valence-electron chi connectivity index (χ3n) is 3.96. The largest absolute Gasteiger partial charge is 0.481 e. The molecule has 1 saturated carbocycles. The zero-order chi connectivity index (χ0) is 13.7. The fourth-order valence-corrected chi connectivity index (χ4v) is 2.43. The molecule has 0 aromatic heterocycles. The Hall–Kier alpha value is -1.27. The van der Waals surface area contributed by atoms with Crippen LogP contribution >= 0.6 is 0 Å². The van der Waals surface area contributed by atoms with Gasteiger partial charge in [-0.1, -0.05) is 6.92 Å². The molecule has 0 spiro atoms. The summed E-state index contributed by atoms with van der Waals surface area (Å²) in [5.41, 5.74) is -2.79. The van der Waals surface area contributed by atoms with Crippen LogP contribution in [0.2, 0.25) is 0 Å². The van der Waals surface area contributed by atoms with Gasteiger partial charge in [-0.15, -0.1) is 0 Å². The molecular formula is C11H14F3NO3. The first-order valence-electron chi connectivity index (χ1n) is 5.78. The van der Waals surface area contributed by atoms with E-state index >= 15 is 0 Å². The molecule has 2 aliphatic rings. The van der Waals surface area contributed by atoms with Crippen LogP contribution in [0.4, 0.5) is 13.2 Å². The molecule has 3 atom stereocenters. The molecule has 1 heterocycles. The number of rotatable bonds is 2. The van der Waals surface area contributed by atoms with Gasteiger partial charge in [-0.25, -0.2) is 0 Å². The lowest BCUT2D eigenvalue weighted by Gasteiger charge is -2.27. The average Bonchev–Trinajstić information content (AvgIpc) is 2.80. The van der Waals surface area contributed by atoms with Gasteiger partial charge in [0.15, 0.2) is 5.41 Å². The lowest BCUT2D eigenvalue weighted by molar-refractivity contribution is -0.227. The predicted molar refractivity (Wildman–Crippen MR) is 54.6 cm³/mol. The van der Waals surface area contributed by atoms with Crippen molar-refractivity contribution in [3.63, 3.8) is 0 Å². The van der Waals surface area contributed by atoms with Crippen molar-refractivity contribution in [1.82, 2.24) is 4.90 Å². The van der Waals surface area contributed by atoms with Crippen LogP contribution < -0.4 is 0 Å². The Balaban J connectivity index is 2.14. The van der Waals surface area contributed by atoms with Crippen molar-refractivity contribution < 1.29 is 27.9 Å². The second-order valence-electron chi connectivity index (χ2n) is 5.21. The number of likely N-dealkylation sites (tertiary alicyclic amines) is 1. The second-order valence-corrected chi connectivity index (χ2v) is 5.21. The number of alkyl halides is 3. The van der Waals surface area contributed by atoms with Crippen molar-refractivity contribution in [3.05, 3.63) is 0 Å².